The Labute approximate surface area is 196 Å². The van der Waals surface area contributed by atoms with E-state index in [0.717, 1.165) is 34.0 Å². The normalized spacial score (nSPS) is 12.0. The van der Waals surface area contributed by atoms with Gasteiger partial charge in [0.05, 0.1) is 44.9 Å². The minimum atomic E-state index is -0.388. The average molecular weight is 466 g/mol. The molecule has 2 aromatic carbocycles. The van der Waals surface area contributed by atoms with E-state index in [9.17, 15) is 4.79 Å². The van der Waals surface area contributed by atoms with Crippen molar-refractivity contribution >= 4 is 35.0 Å². The molecular weight excluding hydrogens is 442 g/mol. The molecule has 0 fully saturated rings. The van der Waals surface area contributed by atoms with Crippen LogP contribution in [0.5, 0.6) is 0 Å². The fraction of sp³-hybridized carbons (Fsp3) is 0.208. The highest BCUT2D eigenvalue weighted by Crippen LogP contribution is 2.34. The van der Waals surface area contributed by atoms with Crippen molar-refractivity contribution in [1.82, 2.24) is 19.3 Å². The Bertz CT molecular complexity index is 1260. The molecule has 2 aromatic heterocycles. The van der Waals surface area contributed by atoms with Crippen molar-refractivity contribution in [3.63, 3.8) is 0 Å². The van der Waals surface area contributed by atoms with Gasteiger partial charge in [-0.3, -0.25) is 14.0 Å². The maximum absolute atomic E-state index is 13.0. The second-order valence-corrected chi connectivity index (χ2v) is 9.21. The SMILES string of the molecule is Cc1nn(C)c(C)c1NC(=O)C(C)Sc1ncc(-c2ccccc2)n1-c1ccccc1Cl. The van der Waals surface area contributed by atoms with Crippen molar-refractivity contribution in [3.05, 3.63) is 77.2 Å². The zero-order valence-electron chi connectivity index (χ0n) is 18.3. The molecule has 0 bridgehead atoms. The first-order chi connectivity index (χ1) is 15.4. The summed E-state index contributed by atoms with van der Waals surface area (Å²) in [6.07, 6.45) is 1.82. The number of nitrogens with one attached hydrogen (secondary N) is 1. The molecule has 8 heteroatoms. The van der Waals surface area contributed by atoms with Gasteiger partial charge in [0.15, 0.2) is 5.16 Å². The van der Waals surface area contributed by atoms with Gasteiger partial charge in [-0.25, -0.2) is 4.98 Å². The summed E-state index contributed by atoms with van der Waals surface area (Å²) in [5, 5.41) is 8.31. The quantitative estimate of drug-likeness (QED) is 0.373. The fourth-order valence-electron chi connectivity index (χ4n) is 3.49. The zero-order chi connectivity index (χ0) is 22.8. The maximum Gasteiger partial charge on any atom is 0.237 e. The van der Waals surface area contributed by atoms with Crippen LogP contribution in [0.15, 0.2) is 66.0 Å². The molecule has 0 radical (unpaired) electrons. The van der Waals surface area contributed by atoms with Gasteiger partial charge in [0.2, 0.25) is 5.91 Å². The molecule has 0 spiro atoms. The Balaban J connectivity index is 1.67. The average Bonchev–Trinajstić information content (AvgIpc) is 3.30. The second-order valence-electron chi connectivity index (χ2n) is 7.50. The summed E-state index contributed by atoms with van der Waals surface area (Å²) in [7, 11) is 1.86. The topological polar surface area (TPSA) is 64.7 Å². The number of thioether (sulfide) groups is 1. The summed E-state index contributed by atoms with van der Waals surface area (Å²) in [4.78, 5) is 17.6. The predicted octanol–water partition coefficient (Wildman–Crippen LogP) is 5.66. The van der Waals surface area contributed by atoms with Crippen LogP contribution >= 0.6 is 23.4 Å². The minimum absolute atomic E-state index is 0.107. The number of carbonyl (C=O) groups excluding carboxylic acids is 1. The Hall–Kier alpha value is -3.03. The number of anilines is 1. The molecular formula is C24H24ClN5OS. The third-order valence-corrected chi connectivity index (χ3v) is 6.69. The van der Waals surface area contributed by atoms with Gasteiger partial charge in [0.25, 0.3) is 0 Å². The van der Waals surface area contributed by atoms with Crippen LogP contribution < -0.4 is 5.32 Å². The van der Waals surface area contributed by atoms with Crippen molar-refractivity contribution in [2.75, 3.05) is 5.32 Å². The fourth-order valence-corrected chi connectivity index (χ4v) is 4.61. The molecule has 4 rings (SSSR count). The number of amides is 1. The van der Waals surface area contributed by atoms with Gasteiger partial charge in [0, 0.05) is 12.6 Å². The van der Waals surface area contributed by atoms with E-state index in [-0.39, 0.29) is 11.2 Å². The number of aryl methyl sites for hydroxylation is 2. The summed E-state index contributed by atoms with van der Waals surface area (Å²) in [6.45, 7) is 5.69. The summed E-state index contributed by atoms with van der Waals surface area (Å²) < 4.78 is 3.77. The number of aromatic nitrogens is 4. The molecule has 32 heavy (non-hydrogen) atoms. The number of carbonyl (C=O) groups is 1. The molecule has 0 aliphatic heterocycles. The number of rotatable bonds is 6. The Morgan fingerprint density at radius 3 is 2.44 bits per heavy atom. The molecule has 4 aromatic rings. The van der Waals surface area contributed by atoms with Crippen LogP contribution in [0.1, 0.15) is 18.3 Å². The lowest BCUT2D eigenvalue weighted by Crippen LogP contribution is -2.23. The highest BCUT2D eigenvalue weighted by atomic mass is 35.5. The van der Waals surface area contributed by atoms with E-state index in [1.165, 1.54) is 11.8 Å². The van der Waals surface area contributed by atoms with Crippen LogP contribution in [0.4, 0.5) is 5.69 Å². The van der Waals surface area contributed by atoms with Crippen LogP contribution in [0.3, 0.4) is 0 Å². The number of imidazole rings is 1. The molecule has 0 saturated heterocycles. The number of halogens is 1. The highest BCUT2D eigenvalue weighted by molar-refractivity contribution is 8.00. The lowest BCUT2D eigenvalue weighted by molar-refractivity contribution is -0.115. The molecule has 1 amide bonds. The zero-order valence-corrected chi connectivity index (χ0v) is 19.9. The van der Waals surface area contributed by atoms with Crippen molar-refractivity contribution in [2.45, 2.75) is 31.2 Å². The number of hydrogen-bond acceptors (Lipinski definition) is 4. The van der Waals surface area contributed by atoms with Gasteiger partial charge in [-0.05, 0) is 32.9 Å². The lowest BCUT2D eigenvalue weighted by Gasteiger charge is -2.16. The third kappa shape index (κ3) is 4.31. The van der Waals surface area contributed by atoms with Crippen molar-refractivity contribution in [1.29, 1.82) is 0 Å². The van der Waals surface area contributed by atoms with Crippen LogP contribution in [0.2, 0.25) is 5.02 Å². The molecule has 0 aliphatic carbocycles. The summed E-state index contributed by atoms with van der Waals surface area (Å²) in [6, 6.07) is 17.6. The van der Waals surface area contributed by atoms with E-state index in [0.29, 0.717) is 10.2 Å². The molecule has 1 unspecified atom stereocenters. The highest BCUT2D eigenvalue weighted by Gasteiger charge is 2.23. The van der Waals surface area contributed by atoms with Crippen LogP contribution in [0, 0.1) is 13.8 Å². The first kappa shape index (κ1) is 22.2. The standard InChI is InChI=1S/C24H24ClN5OS/c1-15-22(16(2)29(4)28-15)27-23(31)17(3)32-24-26-14-21(18-10-6-5-7-11-18)30(24)20-13-9-8-12-19(20)25/h5-14,17H,1-4H3,(H,27,31). The molecule has 1 atom stereocenters. The molecule has 6 nitrogen and oxygen atoms in total. The van der Waals surface area contributed by atoms with Crippen molar-refractivity contribution < 1.29 is 4.79 Å². The monoisotopic (exact) mass is 465 g/mol. The first-order valence-corrected chi connectivity index (χ1v) is 11.5. The Morgan fingerprint density at radius 1 is 1.09 bits per heavy atom. The van der Waals surface area contributed by atoms with Gasteiger partial charge in [-0.15, -0.1) is 0 Å². The lowest BCUT2D eigenvalue weighted by atomic mass is 10.1. The third-order valence-electron chi connectivity index (χ3n) is 5.30. The van der Waals surface area contributed by atoms with Crippen LogP contribution in [-0.4, -0.2) is 30.5 Å². The van der Waals surface area contributed by atoms with Gasteiger partial charge in [0.1, 0.15) is 0 Å². The number of hydrogen-bond donors (Lipinski definition) is 1. The van der Waals surface area contributed by atoms with E-state index in [4.69, 9.17) is 11.6 Å². The van der Waals surface area contributed by atoms with E-state index in [1.807, 2.05) is 93.2 Å². The Kier molecular flexibility index (Phi) is 6.39. The maximum atomic E-state index is 13.0. The van der Waals surface area contributed by atoms with E-state index in [1.54, 1.807) is 4.68 Å². The van der Waals surface area contributed by atoms with Gasteiger partial charge < -0.3 is 5.32 Å². The summed E-state index contributed by atoms with van der Waals surface area (Å²) in [5.74, 6) is -0.107. The molecule has 0 aliphatic rings. The first-order valence-electron chi connectivity index (χ1n) is 10.2. The Morgan fingerprint density at radius 2 is 1.78 bits per heavy atom. The van der Waals surface area contributed by atoms with Crippen molar-refractivity contribution in [3.8, 4) is 16.9 Å². The van der Waals surface area contributed by atoms with Gasteiger partial charge >= 0.3 is 0 Å². The summed E-state index contributed by atoms with van der Waals surface area (Å²) in [5.41, 5.74) is 5.21. The van der Waals surface area contributed by atoms with E-state index in [2.05, 4.69) is 15.4 Å². The van der Waals surface area contributed by atoms with Gasteiger partial charge in [-0.1, -0.05) is 65.8 Å². The molecule has 1 N–H and O–H groups in total. The minimum Gasteiger partial charge on any atom is -0.322 e. The molecule has 164 valence electrons. The van der Waals surface area contributed by atoms with Gasteiger partial charge in [-0.2, -0.15) is 5.10 Å². The smallest absolute Gasteiger partial charge is 0.237 e. The van der Waals surface area contributed by atoms with Crippen LogP contribution in [-0.2, 0) is 11.8 Å². The number of nitrogens with zero attached hydrogens (tertiary/aromatic N) is 4. The summed E-state index contributed by atoms with van der Waals surface area (Å²) >= 11 is 7.93. The van der Waals surface area contributed by atoms with E-state index < -0.39 is 0 Å². The van der Waals surface area contributed by atoms with Crippen LogP contribution in [0.25, 0.3) is 16.9 Å². The van der Waals surface area contributed by atoms with E-state index >= 15 is 0 Å². The predicted molar refractivity (Wildman–Crippen MR) is 131 cm³/mol. The van der Waals surface area contributed by atoms with Crippen molar-refractivity contribution in [2.24, 2.45) is 7.05 Å². The molecule has 0 saturated carbocycles. The largest absolute Gasteiger partial charge is 0.322 e. The second kappa shape index (κ2) is 9.22. The number of benzene rings is 2. The number of para-hydroxylation sites is 1. The molecule has 2 heterocycles.